The Morgan fingerprint density at radius 3 is 2.44 bits per heavy atom. The van der Waals surface area contributed by atoms with Gasteiger partial charge in [-0.15, -0.1) is 0 Å². The van der Waals surface area contributed by atoms with Gasteiger partial charge in [-0.05, 0) is 49.3 Å². The molecule has 0 bridgehead atoms. The first kappa shape index (κ1) is 21.4. The fourth-order valence-corrected chi connectivity index (χ4v) is 3.70. The molecule has 2 N–H and O–H groups in total. The lowest BCUT2D eigenvalue weighted by Crippen LogP contribution is -2.44. The molecule has 0 aliphatic carbocycles. The molecule has 1 fully saturated rings. The molecule has 0 aromatic heterocycles. The predicted octanol–water partition coefficient (Wildman–Crippen LogP) is 3.23. The highest BCUT2D eigenvalue weighted by molar-refractivity contribution is 5.93. The van der Waals surface area contributed by atoms with Gasteiger partial charge in [-0.25, -0.2) is 0 Å². The summed E-state index contributed by atoms with van der Waals surface area (Å²) >= 11 is 0. The number of carbonyl (C=O) groups excluding carboxylic acids is 2. The molecule has 0 saturated carbocycles. The molecule has 27 heavy (non-hydrogen) atoms. The Kier molecular flexibility index (Phi) is 8.29. The summed E-state index contributed by atoms with van der Waals surface area (Å²) in [5.74, 6) is 0.593. The predicted molar refractivity (Wildman–Crippen MR) is 111 cm³/mol. The molecule has 5 heteroatoms. The summed E-state index contributed by atoms with van der Waals surface area (Å²) in [6.45, 7) is 11.0. The van der Waals surface area contributed by atoms with E-state index in [0.29, 0.717) is 19.0 Å². The zero-order valence-corrected chi connectivity index (χ0v) is 17.3. The standard InChI is InChI=1S/C22H35N3O2/c1-5-18-10-7-11-19(6-2)21(18)24-20(26)15-25-12-8-9-17(14-25)13-23-22(27)16(3)4/h7,10-11,16-17H,5-6,8-9,12-15H2,1-4H3,(H,23,27)(H,24,26). The minimum Gasteiger partial charge on any atom is -0.356 e. The third-order valence-corrected chi connectivity index (χ3v) is 5.32. The topological polar surface area (TPSA) is 61.4 Å². The summed E-state index contributed by atoms with van der Waals surface area (Å²) in [4.78, 5) is 26.6. The average molecular weight is 374 g/mol. The van der Waals surface area contributed by atoms with Gasteiger partial charge in [0.05, 0.1) is 6.54 Å². The Bertz CT molecular complexity index is 620. The smallest absolute Gasteiger partial charge is 0.238 e. The van der Waals surface area contributed by atoms with Gasteiger partial charge in [0.15, 0.2) is 0 Å². The molecule has 1 heterocycles. The van der Waals surface area contributed by atoms with Crippen LogP contribution in [0.5, 0.6) is 0 Å². The summed E-state index contributed by atoms with van der Waals surface area (Å²) in [5, 5.41) is 6.19. The van der Waals surface area contributed by atoms with E-state index in [1.807, 2.05) is 13.8 Å². The number of anilines is 1. The van der Waals surface area contributed by atoms with E-state index >= 15 is 0 Å². The van der Waals surface area contributed by atoms with Gasteiger partial charge < -0.3 is 10.6 Å². The van der Waals surface area contributed by atoms with Crippen molar-refractivity contribution >= 4 is 17.5 Å². The Hall–Kier alpha value is -1.88. The maximum atomic E-state index is 12.7. The lowest BCUT2D eigenvalue weighted by atomic mass is 9.97. The second-order valence-electron chi connectivity index (χ2n) is 7.85. The van der Waals surface area contributed by atoms with Crippen molar-refractivity contribution in [1.29, 1.82) is 0 Å². The van der Waals surface area contributed by atoms with Crippen molar-refractivity contribution < 1.29 is 9.59 Å². The van der Waals surface area contributed by atoms with E-state index in [2.05, 4.69) is 47.6 Å². The van der Waals surface area contributed by atoms with Crippen LogP contribution in [0.3, 0.4) is 0 Å². The van der Waals surface area contributed by atoms with E-state index in [1.165, 1.54) is 11.1 Å². The van der Waals surface area contributed by atoms with Crippen molar-refractivity contribution in [3.8, 4) is 0 Å². The maximum Gasteiger partial charge on any atom is 0.238 e. The molecule has 0 radical (unpaired) electrons. The summed E-state index contributed by atoms with van der Waals surface area (Å²) in [5.41, 5.74) is 3.37. The monoisotopic (exact) mass is 373 g/mol. The molecule has 1 aromatic carbocycles. The molecule has 150 valence electrons. The van der Waals surface area contributed by atoms with Gasteiger partial charge in [-0.2, -0.15) is 0 Å². The largest absolute Gasteiger partial charge is 0.356 e. The molecule has 1 unspecified atom stereocenters. The van der Waals surface area contributed by atoms with Crippen molar-refractivity contribution in [1.82, 2.24) is 10.2 Å². The molecule has 5 nitrogen and oxygen atoms in total. The van der Waals surface area contributed by atoms with Crippen LogP contribution >= 0.6 is 0 Å². The minimum atomic E-state index is 0.0156. The number of rotatable bonds is 8. The SMILES string of the molecule is CCc1cccc(CC)c1NC(=O)CN1CCCC(CNC(=O)C(C)C)C1. The second-order valence-corrected chi connectivity index (χ2v) is 7.85. The van der Waals surface area contributed by atoms with Crippen molar-refractivity contribution in [2.45, 2.75) is 53.4 Å². The first-order valence-corrected chi connectivity index (χ1v) is 10.3. The molecule has 2 amide bonds. The Balaban J connectivity index is 1.89. The lowest BCUT2D eigenvalue weighted by molar-refractivity contribution is -0.124. The van der Waals surface area contributed by atoms with Crippen LogP contribution in [0.4, 0.5) is 5.69 Å². The summed E-state index contributed by atoms with van der Waals surface area (Å²) in [6.07, 6.45) is 3.99. The molecule has 1 atom stereocenters. The number of aryl methyl sites for hydroxylation is 2. The van der Waals surface area contributed by atoms with E-state index in [0.717, 1.165) is 44.5 Å². The number of nitrogens with one attached hydrogen (secondary N) is 2. The fourth-order valence-electron chi connectivity index (χ4n) is 3.70. The summed E-state index contributed by atoms with van der Waals surface area (Å²) in [6, 6.07) is 6.24. The molecular weight excluding hydrogens is 338 g/mol. The summed E-state index contributed by atoms with van der Waals surface area (Å²) in [7, 11) is 0. The number of likely N-dealkylation sites (tertiary alicyclic amines) is 1. The van der Waals surface area contributed by atoms with Crippen LogP contribution in [-0.2, 0) is 22.4 Å². The minimum absolute atomic E-state index is 0.0156. The summed E-state index contributed by atoms with van der Waals surface area (Å²) < 4.78 is 0. The quantitative estimate of drug-likeness (QED) is 0.735. The molecule has 1 saturated heterocycles. The zero-order chi connectivity index (χ0) is 19.8. The van der Waals surface area contributed by atoms with E-state index in [4.69, 9.17) is 0 Å². The number of carbonyl (C=O) groups is 2. The van der Waals surface area contributed by atoms with Crippen LogP contribution in [0.15, 0.2) is 18.2 Å². The number of piperidine rings is 1. The zero-order valence-electron chi connectivity index (χ0n) is 17.3. The molecule has 1 aromatic rings. The average Bonchev–Trinajstić information content (AvgIpc) is 2.66. The molecule has 1 aliphatic heterocycles. The number of hydrogen-bond donors (Lipinski definition) is 2. The Morgan fingerprint density at radius 2 is 1.85 bits per heavy atom. The van der Waals surface area contributed by atoms with E-state index in [9.17, 15) is 9.59 Å². The Labute approximate surface area is 163 Å². The van der Waals surface area contributed by atoms with Gasteiger partial charge in [0.25, 0.3) is 0 Å². The lowest BCUT2D eigenvalue weighted by Gasteiger charge is -2.32. The first-order chi connectivity index (χ1) is 12.9. The third kappa shape index (κ3) is 6.35. The normalized spacial score (nSPS) is 17.7. The highest BCUT2D eigenvalue weighted by Gasteiger charge is 2.23. The van der Waals surface area contributed by atoms with Gasteiger partial charge in [0.1, 0.15) is 0 Å². The van der Waals surface area contributed by atoms with Crippen LogP contribution in [0, 0.1) is 11.8 Å². The second kappa shape index (κ2) is 10.5. The first-order valence-electron chi connectivity index (χ1n) is 10.3. The van der Waals surface area contributed by atoms with Crippen molar-refractivity contribution in [2.75, 3.05) is 31.5 Å². The van der Waals surface area contributed by atoms with Gasteiger partial charge in [0.2, 0.25) is 11.8 Å². The molecule has 2 rings (SSSR count). The molecule has 0 spiro atoms. The Morgan fingerprint density at radius 1 is 1.19 bits per heavy atom. The highest BCUT2D eigenvalue weighted by Crippen LogP contribution is 2.23. The van der Waals surface area contributed by atoms with Gasteiger partial charge >= 0.3 is 0 Å². The molecular formula is C22H35N3O2. The molecule has 1 aliphatic rings. The number of nitrogens with zero attached hydrogens (tertiary/aromatic N) is 1. The van der Waals surface area contributed by atoms with Crippen molar-refractivity contribution in [3.05, 3.63) is 29.3 Å². The van der Waals surface area contributed by atoms with E-state index < -0.39 is 0 Å². The van der Waals surface area contributed by atoms with Crippen LogP contribution in [0.2, 0.25) is 0 Å². The van der Waals surface area contributed by atoms with Crippen molar-refractivity contribution in [2.24, 2.45) is 11.8 Å². The van der Waals surface area contributed by atoms with Crippen molar-refractivity contribution in [3.63, 3.8) is 0 Å². The number of hydrogen-bond acceptors (Lipinski definition) is 3. The third-order valence-electron chi connectivity index (χ3n) is 5.32. The maximum absolute atomic E-state index is 12.7. The van der Waals surface area contributed by atoms with Crippen LogP contribution in [0.1, 0.15) is 51.7 Å². The number of amides is 2. The van der Waals surface area contributed by atoms with Crippen LogP contribution in [-0.4, -0.2) is 42.9 Å². The van der Waals surface area contributed by atoms with Gasteiger partial charge in [-0.1, -0.05) is 45.9 Å². The van der Waals surface area contributed by atoms with Gasteiger partial charge in [0, 0.05) is 24.7 Å². The van der Waals surface area contributed by atoms with Crippen LogP contribution in [0.25, 0.3) is 0 Å². The number of benzene rings is 1. The van der Waals surface area contributed by atoms with E-state index in [-0.39, 0.29) is 17.7 Å². The fraction of sp³-hybridized carbons (Fsp3) is 0.636. The van der Waals surface area contributed by atoms with E-state index in [1.54, 1.807) is 0 Å². The van der Waals surface area contributed by atoms with Crippen LogP contribution < -0.4 is 10.6 Å². The highest BCUT2D eigenvalue weighted by atomic mass is 16.2. The van der Waals surface area contributed by atoms with Gasteiger partial charge in [-0.3, -0.25) is 14.5 Å². The number of para-hydroxylation sites is 1.